The maximum Gasteiger partial charge on any atom is 0.265 e. The van der Waals surface area contributed by atoms with Gasteiger partial charge in [-0.05, 0) is 43.7 Å². The standard InChI is InChI=1S/C25H24N2O3S/c1-17-13-15-19(16-14-17)31(28,29)27(3)25-24(21-10-6-8-12-23(21)30-4)18(2)20-9-5-7-11-22(20)26-25/h5-16H,1-4H3. The second-order valence-corrected chi connectivity index (χ2v) is 9.41. The fourth-order valence-electron chi connectivity index (χ4n) is 3.74. The van der Waals surface area contributed by atoms with Crippen molar-refractivity contribution in [2.45, 2.75) is 18.7 Å². The van der Waals surface area contributed by atoms with Crippen LogP contribution in [0, 0.1) is 13.8 Å². The van der Waals surface area contributed by atoms with Gasteiger partial charge in [-0.1, -0.05) is 54.1 Å². The van der Waals surface area contributed by atoms with Crippen LogP contribution < -0.4 is 9.04 Å². The predicted octanol–water partition coefficient (Wildman–Crippen LogP) is 5.35. The molecule has 0 saturated heterocycles. The summed E-state index contributed by atoms with van der Waals surface area (Å²) in [5.41, 5.74) is 4.20. The molecule has 4 aromatic rings. The summed E-state index contributed by atoms with van der Waals surface area (Å²) in [4.78, 5) is 5.01. The highest BCUT2D eigenvalue weighted by atomic mass is 32.2. The first-order valence-electron chi connectivity index (χ1n) is 9.93. The third-order valence-corrected chi connectivity index (χ3v) is 7.25. The number of pyridine rings is 1. The van der Waals surface area contributed by atoms with Gasteiger partial charge in [-0.25, -0.2) is 13.4 Å². The quantitative estimate of drug-likeness (QED) is 0.426. The lowest BCUT2D eigenvalue weighted by molar-refractivity contribution is 0.416. The molecule has 0 spiro atoms. The Hall–Kier alpha value is -3.38. The fourth-order valence-corrected chi connectivity index (χ4v) is 4.90. The van der Waals surface area contributed by atoms with Crippen LogP contribution in [0.2, 0.25) is 0 Å². The summed E-state index contributed by atoms with van der Waals surface area (Å²) < 4.78 is 33.8. The molecule has 0 fully saturated rings. The Labute approximate surface area is 183 Å². The summed E-state index contributed by atoms with van der Waals surface area (Å²) in [6, 6.07) is 22.2. The molecule has 0 aliphatic carbocycles. The van der Waals surface area contributed by atoms with Crippen molar-refractivity contribution in [3.63, 3.8) is 0 Å². The van der Waals surface area contributed by atoms with Gasteiger partial charge in [0, 0.05) is 23.6 Å². The number of hydrogen-bond donors (Lipinski definition) is 0. The Morgan fingerprint density at radius 1 is 0.871 bits per heavy atom. The molecule has 158 valence electrons. The second kappa shape index (κ2) is 8.04. The third kappa shape index (κ3) is 3.64. The van der Waals surface area contributed by atoms with Crippen molar-refractivity contribution in [2.24, 2.45) is 0 Å². The fraction of sp³-hybridized carbons (Fsp3) is 0.160. The largest absolute Gasteiger partial charge is 0.496 e. The molecule has 0 aliphatic rings. The molecule has 0 saturated carbocycles. The molecule has 3 aromatic carbocycles. The zero-order valence-electron chi connectivity index (χ0n) is 18.0. The Morgan fingerprint density at radius 2 is 1.52 bits per heavy atom. The first kappa shape index (κ1) is 20.9. The first-order valence-corrected chi connectivity index (χ1v) is 11.4. The Balaban J connectivity index is 2.02. The number of benzene rings is 3. The molecule has 0 N–H and O–H groups in total. The van der Waals surface area contributed by atoms with Crippen LogP contribution in [0.4, 0.5) is 5.82 Å². The van der Waals surface area contributed by atoms with Gasteiger partial charge < -0.3 is 4.74 Å². The summed E-state index contributed by atoms with van der Waals surface area (Å²) in [6.07, 6.45) is 0. The van der Waals surface area contributed by atoms with Crippen LogP contribution in [0.1, 0.15) is 11.1 Å². The third-order valence-electron chi connectivity index (χ3n) is 5.49. The number of hydrogen-bond acceptors (Lipinski definition) is 4. The number of para-hydroxylation sites is 2. The van der Waals surface area contributed by atoms with Crippen molar-refractivity contribution in [1.29, 1.82) is 0 Å². The summed E-state index contributed by atoms with van der Waals surface area (Å²) in [7, 11) is -0.662. The second-order valence-electron chi connectivity index (χ2n) is 7.44. The molecule has 4 rings (SSSR count). The van der Waals surface area contributed by atoms with E-state index in [9.17, 15) is 8.42 Å². The van der Waals surface area contributed by atoms with Crippen molar-refractivity contribution in [1.82, 2.24) is 4.98 Å². The molecular weight excluding hydrogens is 408 g/mol. The van der Waals surface area contributed by atoms with Gasteiger partial charge in [-0.2, -0.15) is 0 Å². The van der Waals surface area contributed by atoms with Crippen molar-refractivity contribution in [2.75, 3.05) is 18.5 Å². The van der Waals surface area contributed by atoms with E-state index in [2.05, 4.69) is 0 Å². The van der Waals surface area contributed by atoms with Gasteiger partial charge in [-0.15, -0.1) is 0 Å². The molecule has 6 heteroatoms. The predicted molar refractivity (Wildman–Crippen MR) is 125 cm³/mol. The zero-order chi connectivity index (χ0) is 22.2. The topological polar surface area (TPSA) is 59.5 Å². The lowest BCUT2D eigenvalue weighted by Gasteiger charge is -2.24. The van der Waals surface area contributed by atoms with E-state index in [-0.39, 0.29) is 4.90 Å². The SMILES string of the molecule is COc1ccccc1-c1c(N(C)S(=O)(=O)c2ccc(C)cc2)nc2ccccc2c1C. The molecule has 1 heterocycles. The van der Waals surface area contributed by atoms with E-state index in [4.69, 9.17) is 9.72 Å². The summed E-state index contributed by atoms with van der Waals surface area (Å²) in [6.45, 7) is 3.91. The maximum absolute atomic E-state index is 13.5. The van der Waals surface area contributed by atoms with E-state index >= 15 is 0 Å². The van der Waals surface area contributed by atoms with Crippen LogP contribution >= 0.6 is 0 Å². The van der Waals surface area contributed by atoms with Gasteiger partial charge in [-0.3, -0.25) is 4.31 Å². The maximum atomic E-state index is 13.5. The number of aryl methyl sites for hydroxylation is 2. The highest BCUT2D eigenvalue weighted by molar-refractivity contribution is 7.92. The Kier molecular flexibility index (Phi) is 5.41. The number of sulfonamides is 1. The molecule has 5 nitrogen and oxygen atoms in total. The van der Waals surface area contributed by atoms with Gasteiger partial charge in [0.25, 0.3) is 10.0 Å². The van der Waals surface area contributed by atoms with Gasteiger partial charge in [0.1, 0.15) is 5.75 Å². The summed E-state index contributed by atoms with van der Waals surface area (Å²) in [5, 5.41) is 0.966. The van der Waals surface area contributed by atoms with E-state index in [0.717, 1.165) is 33.2 Å². The van der Waals surface area contributed by atoms with E-state index in [1.54, 1.807) is 38.4 Å². The number of anilines is 1. The zero-order valence-corrected chi connectivity index (χ0v) is 18.8. The monoisotopic (exact) mass is 432 g/mol. The molecule has 1 aromatic heterocycles. The van der Waals surface area contributed by atoms with Crippen molar-refractivity contribution < 1.29 is 13.2 Å². The molecule has 0 unspecified atom stereocenters. The van der Waals surface area contributed by atoms with Crippen LogP contribution in [0.5, 0.6) is 5.75 Å². The minimum atomic E-state index is -3.81. The van der Waals surface area contributed by atoms with Crippen LogP contribution in [0.3, 0.4) is 0 Å². The molecule has 0 atom stereocenters. The minimum absolute atomic E-state index is 0.221. The minimum Gasteiger partial charge on any atom is -0.496 e. The normalized spacial score (nSPS) is 11.5. The number of ether oxygens (including phenoxy) is 1. The van der Waals surface area contributed by atoms with E-state index in [1.807, 2.05) is 62.4 Å². The van der Waals surface area contributed by atoms with Crippen LogP contribution in [-0.4, -0.2) is 27.6 Å². The van der Waals surface area contributed by atoms with Crippen molar-refractivity contribution in [3.05, 3.63) is 83.9 Å². The number of rotatable bonds is 5. The summed E-state index contributed by atoms with van der Waals surface area (Å²) >= 11 is 0. The molecule has 31 heavy (non-hydrogen) atoms. The highest BCUT2D eigenvalue weighted by Crippen LogP contribution is 2.41. The Bertz CT molecular complexity index is 1360. The van der Waals surface area contributed by atoms with Gasteiger partial charge >= 0.3 is 0 Å². The molecule has 0 radical (unpaired) electrons. The highest BCUT2D eigenvalue weighted by Gasteiger charge is 2.27. The number of aromatic nitrogens is 1. The van der Waals surface area contributed by atoms with E-state index in [1.165, 1.54) is 4.31 Å². The number of nitrogens with zero attached hydrogens (tertiary/aromatic N) is 2. The summed E-state index contributed by atoms with van der Waals surface area (Å²) in [5.74, 6) is 1.02. The first-order chi connectivity index (χ1) is 14.8. The molecule has 0 bridgehead atoms. The average molecular weight is 433 g/mol. The molecular formula is C25H24N2O3S. The average Bonchev–Trinajstić information content (AvgIpc) is 2.79. The van der Waals surface area contributed by atoms with Gasteiger partial charge in [0.15, 0.2) is 5.82 Å². The van der Waals surface area contributed by atoms with Crippen LogP contribution in [0.15, 0.2) is 77.7 Å². The lowest BCUT2D eigenvalue weighted by Crippen LogP contribution is -2.28. The van der Waals surface area contributed by atoms with Gasteiger partial charge in [0.2, 0.25) is 0 Å². The number of fused-ring (bicyclic) bond motifs is 1. The lowest BCUT2D eigenvalue weighted by atomic mass is 9.97. The Morgan fingerprint density at radius 3 is 2.23 bits per heavy atom. The molecule has 0 aliphatic heterocycles. The molecule has 0 amide bonds. The van der Waals surface area contributed by atoms with E-state index in [0.29, 0.717) is 11.6 Å². The number of methoxy groups -OCH3 is 1. The van der Waals surface area contributed by atoms with Crippen molar-refractivity contribution >= 4 is 26.7 Å². The van der Waals surface area contributed by atoms with Crippen molar-refractivity contribution in [3.8, 4) is 16.9 Å². The van der Waals surface area contributed by atoms with E-state index < -0.39 is 10.0 Å². The smallest absolute Gasteiger partial charge is 0.265 e. The van der Waals surface area contributed by atoms with Crippen LogP contribution in [0.25, 0.3) is 22.0 Å². The van der Waals surface area contributed by atoms with Crippen LogP contribution in [-0.2, 0) is 10.0 Å². The van der Waals surface area contributed by atoms with Gasteiger partial charge in [0.05, 0.1) is 17.5 Å².